The number of aliphatic hydroxyl groups is 1. The van der Waals surface area contributed by atoms with E-state index in [4.69, 9.17) is 4.52 Å². The first-order valence-corrected chi connectivity index (χ1v) is 15.6. The molecule has 45 heavy (non-hydrogen) atoms. The largest absolute Gasteiger partial charge is 0.391 e. The predicted octanol–water partition coefficient (Wildman–Crippen LogP) is 0.665. The molecule has 4 N–H and O–H groups in total. The summed E-state index contributed by atoms with van der Waals surface area (Å²) < 4.78 is 5.34. The first-order chi connectivity index (χ1) is 21.5. The number of aromatic nitrogens is 1. The average Bonchev–Trinajstić information content (AvgIpc) is 3.64. The lowest BCUT2D eigenvalue weighted by atomic mass is 9.97. The van der Waals surface area contributed by atoms with Gasteiger partial charge in [0.25, 0.3) is 5.91 Å². The van der Waals surface area contributed by atoms with Crippen molar-refractivity contribution < 1.29 is 33.6 Å². The van der Waals surface area contributed by atoms with Gasteiger partial charge in [0, 0.05) is 45.0 Å². The molecule has 13 heteroatoms. The summed E-state index contributed by atoms with van der Waals surface area (Å²) in [5.74, 6) is -2.23. The zero-order valence-electron chi connectivity index (χ0n) is 26.3. The Bertz CT molecular complexity index is 1360. The summed E-state index contributed by atoms with van der Waals surface area (Å²) in [6.07, 6.45) is 0.349. The van der Waals surface area contributed by atoms with Gasteiger partial charge < -0.3 is 35.4 Å². The van der Waals surface area contributed by atoms with Gasteiger partial charge in [-0.1, -0.05) is 69.6 Å². The van der Waals surface area contributed by atoms with Crippen LogP contribution in [0.1, 0.15) is 62.3 Å². The van der Waals surface area contributed by atoms with Gasteiger partial charge in [-0.05, 0) is 17.4 Å². The molecule has 4 rings (SSSR count). The van der Waals surface area contributed by atoms with Crippen molar-refractivity contribution in [2.75, 3.05) is 26.2 Å². The highest BCUT2D eigenvalue weighted by atomic mass is 16.5. The Kier molecular flexibility index (Phi) is 11.3. The van der Waals surface area contributed by atoms with E-state index in [-0.39, 0.29) is 50.0 Å². The lowest BCUT2D eigenvalue weighted by Crippen LogP contribution is -2.58. The van der Waals surface area contributed by atoms with Crippen LogP contribution in [0.15, 0.2) is 40.9 Å². The number of rotatable bonds is 7. The number of hydrogen-bond donors (Lipinski definition) is 4. The van der Waals surface area contributed by atoms with Crippen molar-refractivity contribution in [1.82, 2.24) is 30.9 Å². The van der Waals surface area contributed by atoms with Gasteiger partial charge in [-0.15, -0.1) is 0 Å². The van der Waals surface area contributed by atoms with Crippen molar-refractivity contribution in [2.24, 2.45) is 11.8 Å². The van der Waals surface area contributed by atoms with Crippen LogP contribution in [0.25, 0.3) is 0 Å². The van der Waals surface area contributed by atoms with E-state index in [0.717, 1.165) is 5.56 Å². The zero-order valence-corrected chi connectivity index (χ0v) is 26.3. The molecule has 2 aliphatic heterocycles. The molecule has 244 valence electrons. The SMILES string of the molecule is CC[C@H](C)[C@@H]1NC(=O)CN(C(=O)c2cc(CC(C)C)on2)CCNC(=O)[C@H](Cc2ccccc2)NC(=O)[C@@H]2C[C@@H](O)CN2C1=O. The molecule has 0 radical (unpaired) electrons. The summed E-state index contributed by atoms with van der Waals surface area (Å²) >= 11 is 0. The summed E-state index contributed by atoms with van der Waals surface area (Å²) in [6.45, 7) is 7.15. The number of nitrogens with zero attached hydrogens (tertiary/aromatic N) is 3. The second-order valence-electron chi connectivity index (χ2n) is 12.4. The minimum absolute atomic E-state index is 0.00278. The van der Waals surface area contributed by atoms with Gasteiger partial charge in [0.1, 0.15) is 23.9 Å². The van der Waals surface area contributed by atoms with E-state index in [0.29, 0.717) is 18.6 Å². The minimum Gasteiger partial charge on any atom is -0.391 e. The molecular formula is C32H44N6O7. The van der Waals surface area contributed by atoms with Gasteiger partial charge in [-0.25, -0.2) is 0 Å². The van der Waals surface area contributed by atoms with Crippen molar-refractivity contribution in [2.45, 2.75) is 77.6 Å². The molecule has 2 aliphatic rings. The molecule has 1 aromatic heterocycles. The molecule has 5 atom stereocenters. The monoisotopic (exact) mass is 624 g/mol. The van der Waals surface area contributed by atoms with E-state index >= 15 is 0 Å². The van der Waals surface area contributed by atoms with Crippen molar-refractivity contribution >= 4 is 29.5 Å². The van der Waals surface area contributed by atoms with Crippen LogP contribution in [-0.4, -0.2) is 100 Å². The molecule has 2 saturated heterocycles. The van der Waals surface area contributed by atoms with Crippen LogP contribution < -0.4 is 16.0 Å². The van der Waals surface area contributed by atoms with E-state index in [9.17, 15) is 29.1 Å². The number of aliphatic hydroxyl groups excluding tert-OH is 1. The lowest BCUT2D eigenvalue weighted by molar-refractivity contribution is -0.143. The van der Waals surface area contributed by atoms with Gasteiger partial charge >= 0.3 is 0 Å². The molecule has 5 amide bonds. The Morgan fingerprint density at radius 3 is 2.51 bits per heavy atom. The van der Waals surface area contributed by atoms with Crippen LogP contribution in [0, 0.1) is 11.8 Å². The van der Waals surface area contributed by atoms with Crippen LogP contribution in [0.2, 0.25) is 0 Å². The van der Waals surface area contributed by atoms with E-state index in [1.54, 1.807) is 6.07 Å². The van der Waals surface area contributed by atoms with Crippen LogP contribution in [0.4, 0.5) is 0 Å². The van der Waals surface area contributed by atoms with Crippen molar-refractivity contribution in [3.05, 3.63) is 53.4 Å². The maximum absolute atomic E-state index is 13.9. The number of benzene rings is 1. The van der Waals surface area contributed by atoms with Gasteiger partial charge in [0.2, 0.25) is 23.6 Å². The van der Waals surface area contributed by atoms with Crippen molar-refractivity contribution in [3.63, 3.8) is 0 Å². The molecule has 13 nitrogen and oxygen atoms in total. The Morgan fingerprint density at radius 1 is 1.09 bits per heavy atom. The zero-order chi connectivity index (χ0) is 32.7. The number of carbonyl (C=O) groups excluding carboxylic acids is 5. The molecule has 0 saturated carbocycles. The first kappa shape index (κ1) is 33.6. The lowest BCUT2D eigenvalue weighted by Gasteiger charge is -2.32. The van der Waals surface area contributed by atoms with Crippen molar-refractivity contribution in [3.8, 4) is 0 Å². The average molecular weight is 625 g/mol. The van der Waals surface area contributed by atoms with E-state index in [2.05, 4.69) is 21.1 Å². The number of amides is 5. The fraction of sp³-hybridized carbons (Fsp3) is 0.562. The highest BCUT2D eigenvalue weighted by Crippen LogP contribution is 2.23. The topological polar surface area (TPSA) is 174 Å². The molecular weight excluding hydrogens is 580 g/mol. The van der Waals surface area contributed by atoms with Gasteiger partial charge in [0.15, 0.2) is 5.69 Å². The summed E-state index contributed by atoms with van der Waals surface area (Å²) in [5.41, 5.74) is 0.835. The maximum atomic E-state index is 13.9. The molecule has 3 heterocycles. The first-order valence-electron chi connectivity index (χ1n) is 15.6. The summed E-state index contributed by atoms with van der Waals surface area (Å²) in [4.78, 5) is 70.4. The number of hydrogen-bond acceptors (Lipinski definition) is 8. The summed E-state index contributed by atoms with van der Waals surface area (Å²) in [6, 6.07) is 7.69. The number of nitrogens with one attached hydrogen (secondary N) is 3. The minimum atomic E-state index is -1.03. The normalized spacial score (nSPS) is 24.3. The number of carbonyl (C=O) groups is 5. The van der Waals surface area contributed by atoms with E-state index in [1.807, 2.05) is 58.0 Å². The predicted molar refractivity (Wildman–Crippen MR) is 164 cm³/mol. The standard InChI is InChI=1S/C32H44N6O7/c1-5-20(4)28-32(44)38-17-22(39)15-26(38)30(42)34-24(14-21-9-7-6-8-10-21)29(41)33-11-12-37(18-27(40)35-28)31(43)25-16-23(45-36-25)13-19(2)3/h6-10,16,19-20,22,24,26,28,39H,5,11-15,17-18H2,1-4H3,(H,33,41)(H,34,42)(H,35,40)/t20-,22+,24-,26-,28-/m0/s1. The molecule has 2 aromatic rings. The van der Waals surface area contributed by atoms with E-state index in [1.165, 1.54) is 9.80 Å². The Labute approximate surface area is 263 Å². The molecule has 0 unspecified atom stereocenters. The third kappa shape index (κ3) is 8.68. The van der Waals surface area contributed by atoms with E-state index < -0.39 is 60.3 Å². The Morgan fingerprint density at radius 2 is 1.82 bits per heavy atom. The fourth-order valence-electron chi connectivity index (χ4n) is 5.65. The highest BCUT2D eigenvalue weighted by Gasteiger charge is 2.43. The van der Waals surface area contributed by atoms with Crippen LogP contribution in [0.3, 0.4) is 0 Å². The third-order valence-corrected chi connectivity index (χ3v) is 8.27. The molecule has 0 bridgehead atoms. The van der Waals surface area contributed by atoms with Crippen LogP contribution >= 0.6 is 0 Å². The second kappa shape index (κ2) is 15.2. The molecule has 2 fully saturated rings. The van der Waals surface area contributed by atoms with Crippen molar-refractivity contribution in [1.29, 1.82) is 0 Å². The van der Waals surface area contributed by atoms with Gasteiger partial charge in [-0.2, -0.15) is 0 Å². The Hall–Kier alpha value is -4.26. The Balaban J connectivity index is 1.66. The van der Waals surface area contributed by atoms with Gasteiger partial charge in [0.05, 0.1) is 12.6 Å². The quantitative estimate of drug-likeness (QED) is 0.348. The molecule has 0 aliphatic carbocycles. The van der Waals surface area contributed by atoms with Crippen LogP contribution in [0.5, 0.6) is 0 Å². The van der Waals surface area contributed by atoms with Gasteiger partial charge in [-0.3, -0.25) is 24.0 Å². The summed E-state index contributed by atoms with van der Waals surface area (Å²) in [7, 11) is 0. The summed E-state index contributed by atoms with van der Waals surface area (Å²) in [5, 5.41) is 22.8. The maximum Gasteiger partial charge on any atom is 0.276 e. The highest BCUT2D eigenvalue weighted by molar-refractivity contribution is 5.97. The fourth-order valence-corrected chi connectivity index (χ4v) is 5.65. The third-order valence-electron chi connectivity index (χ3n) is 8.27. The van der Waals surface area contributed by atoms with Crippen LogP contribution in [-0.2, 0) is 32.0 Å². The number of fused-ring (bicyclic) bond motifs is 1. The smallest absolute Gasteiger partial charge is 0.276 e. The molecule has 0 spiro atoms. The second-order valence-corrected chi connectivity index (χ2v) is 12.4. The molecule has 1 aromatic carbocycles.